The summed E-state index contributed by atoms with van der Waals surface area (Å²) in [5, 5.41) is 0. The van der Waals surface area contributed by atoms with E-state index >= 15 is 0 Å². The molecule has 1 saturated heterocycles. The summed E-state index contributed by atoms with van der Waals surface area (Å²) >= 11 is 0. The molecule has 2 unspecified atom stereocenters. The maximum Gasteiger partial charge on any atom is 0.0429 e. The summed E-state index contributed by atoms with van der Waals surface area (Å²) < 4.78 is 0. The minimum Gasteiger partial charge on any atom is -0.323 e. The number of piperidine rings is 1. The summed E-state index contributed by atoms with van der Waals surface area (Å²) in [6, 6.07) is 5.33. The average molecular weight is 260 g/mol. The lowest BCUT2D eigenvalue weighted by Crippen LogP contribution is -2.42. The van der Waals surface area contributed by atoms with E-state index in [0.717, 1.165) is 6.54 Å². The van der Waals surface area contributed by atoms with Crippen molar-refractivity contribution in [3.05, 3.63) is 34.4 Å². The van der Waals surface area contributed by atoms with Gasteiger partial charge in [-0.1, -0.05) is 24.1 Å². The number of hydrogen-bond donors (Lipinski definition) is 1. The van der Waals surface area contributed by atoms with Crippen LogP contribution < -0.4 is 5.73 Å². The van der Waals surface area contributed by atoms with E-state index in [1.165, 1.54) is 48.1 Å². The van der Waals surface area contributed by atoms with Gasteiger partial charge in [-0.3, -0.25) is 4.90 Å². The molecule has 0 spiro atoms. The van der Waals surface area contributed by atoms with Gasteiger partial charge in [0.15, 0.2) is 0 Å². The van der Waals surface area contributed by atoms with Crippen LogP contribution in [0, 0.1) is 20.8 Å². The van der Waals surface area contributed by atoms with Gasteiger partial charge in [-0.2, -0.15) is 0 Å². The van der Waals surface area contributed by atoms with Crippen molar-refractivity contribution >= 4 is 0 Å². The van der Waals surface area contributed by atoms with E-state index in [9.17, 15) is 0 Å². The highest BCUT2D eigenvalue weighted by Gasteiger charge is 2.22. The summed E-state index contributed by atoms with van der Waals surface area (Å²) in [5.74, 6) is 0. The maximum atomic E-state index is 6.50. The second-order valence-electron chi connectivity index (χ2n) is 6.26. The van der Waals surface area contributed by atoms with Gasteiger partial charge in [0.05, 0.1) is 0 Å². The molecule has 2 N–H and O–H groups in total. The molecule has 1 aliphatic rings. The number of nitrogens with two attached hydrogens (primary N) is 1. The third-order valence-electron chi connectivity index (χ3n) is 4.48. The van der Waals surface area contributed by atoms with Crippen molar-refractivity contribution in [3.63, 3.8) is 0 Å². The molecule has 0 aromatic heterocycles. The lowest BCUT2D eigenvalue weighted by atomic mass is 9.93. The predicted molar refractivity (Wildman–Crippen MR) is 82.5 cm³/mol. The van der Waals surface area contributed by atoms with Crippen LogP contribution in [-0.2, 0) is 0 Å². The highest BCUT2D eigenvalue weighted by Crippen LogP contribution is 2.25. The average Bonchev–Trinajstić information content (AvgIpc) is 2.30. The fraction of sp³-hybridized carbons (Fsp3) is 0.647. The molecule has 0 saturated carbocycles. The largest absolute Gasteiger partial charge is 0.323 e. The van der Waals surface area contributed by atoms with Crippen LogP contribution in [0.4, 0.5) is 0 Å². The summed E-state index contributed by atoms with van der Waals surface area (Å²) in [6.45, 7) is 11.1. The zero-order valence-corrected chi connectivity index (χ0v) is 12.9. The quantitative estimate of drug-likeness (QED) is 0.901. The molecule has 0 bridgehead atoms. The molecule has 1 fully saturated rings. The van der Waals surface area contributed by atoms with E-state index in [4.69, 9.17) is 5.73 Å². The molecule has 2 heteroatoms. The Bertz CT molecular complexity index is 416. The number of aryl methyl sites for hydroxylation is 3. The van der Waals surface area contributed by atoms with Gasteiger partial charge in [-0.05, 0) is 63.8 Å². The minimum atomic E-state index is 0.140. The van der Waals surface area contributed by atoms with E-state index in [1.807, 2.05) is 0 Å². The zero-order chi connectivity index (χ0) is 14.0. The molecular formula is C17H28N2. The molecule has 0 radical (unpaired) electrons. The lowest BCUT2D eigenvalue weighted by molar-refractivity contribution is 0.151. The van der Waals surface area contributed by atoms with E-state index in [2.05, 4.69) is 44.7 Å². The van der Waals surface area contributed by atoms with E-state index in [1.54, 1.807) is 0 Å². The molecular weight excluding hydrogens is 232 g/mol. The first-order valence-electron chi connectivity index (χ1n) is 7.56. The van der Waals surface area contributed by atoms with E-state index in [-0.39, 0.29) is 6.04 Å². The predicted octanol–water partition coefficient (Wildman–Crippen LogP) is 3.49. The van der Waals surface area contributed by atoms with Crippen LogP contribution in [0.5, 0.6) is 0 Å². The van der Waals surface area contributed by atoms with Gasteiger partial charge in [0.2, 0.25) is 0 Å². The van der Waals surface area contributed by atoms with Gasteiger partial charge in [-0.25, -0.2) is 0 Å². The fourth-order valence-corrected chi connectivity index (χ4v) is 3.55. The van der Waals surface area contributed by atoms with Crippen LogP contribution in [0.15, 0.2) is 12.1 Å². The first-order valence-corrected chi connectivity index (χ1v) is 7.56. The van der Waals surface area contributed by atoms with Gasteiger partial charge in [0.25, 0.3) is 0 Å². The van der Waals surface area contributed by atoms with E-state index < -0.39 is 0 Å². The van der Waals surface area contributed by atoms with Crippen LogP contribution in [-0.4, -0.2) is 24.0 Å². The normalized spacial score (nSPS) is 22.5. The van der Waals surface area contributed by atoms with Gasteiger partial charge < -0.3 is 5.73 Å². The van der Waals surface area contributed by atoms with Crippen LogP contribution in [0.2, 0.25) is 0 Å². The lowest BCUT2D eigenvalue weighted by Gasteiger charge is -2.35. The van der Waals surface area contributed by atoms with E-state index in [0.29, 0.717) is 6.04 Å². The third-order valence-corrected chi connectivity index (χ3v) is 4.48. The van der Waals surface area contributed by atoms with Crippen molar-refractivity contribution in [3.8, 4) is 0 Å². The van der Waals surface area contributed by atoms with Gasteiger partial charge in [0, 0.05) is 18.6 Å². The molecule has 1 aromatic rings. The maximum absolute atomic E-state index is 6.50. The summed E-state index contributed by atoms with van der Waals surface area (Å²) in [5.41, 5.74) is 11.9. The summed E-state index contributed by atoms with van der Waals surface area (Å²) in [6.07, 6.45) is 4.01. The Balaban J connectivity index is 2.13. The number of hydrogen-bond acceptors (Lipinski definition) is 2. The highest BCUT2D eigenvalue weighted by atomic mass is 15.2. The van der Waals surface area contributed by atoms with Crippen LogP contribution in [0.25, 0.3) is 0 Å². The molecule has 2 atom stereocenters. The van der Waals surface area contributed by atoms with Crippen molar-refractivity contribution in [1.29, 1.82) is 0 Å². The molecule has 1 aromatic carbocycles. The number of nitrogens with zero attached hydrogens (tertiary/aromatic N) is 1. The highest BCUT2D eigenvalue weighted by molar-refractivity contribution is 5.39. The van der Waals surface area contributed by atoms with Gasteiger partial charge in [-0.15, -0.1) is 0 Å². The second kappa shape index (κ2) is 6.06. The Kier molecular flexibility index (Phi) is 4.64. The fourth-order valence-electron chi connectivity index (χ4n) is 3.55. The van der Waals surface area contributed by atoms with Crippen molar-refractivity contribution in [2.45, 2.75) is 59.0 Å². The molecule has 0 amide bonds. The zero-order valence-electron chi connectivity index (χ0n) is 12.9. The van der Waals surface area contributed by atoms with Crippen molar-refractivity contribution < 1.29 is 0 Å². The van der Waals surface area contributed by atoms with Crippen molar-refractivity contribution in [2.75, 3.05) is 13.1 Å². The molecule has 19 heavy (non-hydrogen) atoms. The number of benzene rings is 1. The first kappa shape index (κ1) is 14.5. The Hall–Kier alpha value is -0.860. The molecule has 1 heterocycles. The Morgan fingerprint density at radius 1 is 1.21 bits per heavy atom. The summed E-state index contributed by atoms with van der Waals surface area (Å²) in [4.78, 5) is 2.56. The standard InChI is InChI=1S/C17H28N2/c1-12-9-13(2)17(14(3)10-12)16(18)11-19-8-6-5-7-15(19)4/h9-10,15-16H,5-8,11,18H2,1-4H3. The minimum absolute atomic E-state index is 0.140. The van der Waals surface area contributed by atoms with Gasteiger partial charge >= 0.3 is 0 Å². The Labute approximate surface area is 118 Å². The van der Waals surface area contributed by atoms with Crippen LogP contribution >= 0.6 is 0 Å². The Morgan fingerprint density at radius 3 is 2.42 bits per heavy atom. The molecule has 2 rings (SSSR count). The van der Waals surface area contributed by atoms with Gasteiger partial charge in [0.1, 0.15) is 0 Å². The third kappa shape index (κ3) is 3.37. The Morgan fingerprint density at radius 2 is 1.84 bits per heavy atom. The van der Waals surface area contributed by atoms with Crippen LogP contribution in [0.3, 0.4) is 0 Å². The summed E-state index contributed by atoms with van der Waals surface area (Å²) in [7, 11) is 0. The van der Waals surface area contributed by atoms with Crippen LogP contribution in [0.1, 0.15) is 54.5 Å². The first-order chi connectivity index (χ1) is 8.99. The molecule has 106 valence electrons. The molecule has 1 aliphatic heterocycles. The van der Waals surface area contributed by atoms with Crippen molar-refractivity contribution in [2.24, 2.45) is 5.73 Å². The van der Waals surface area contributed by atoms with Crippen molar-refractivity contribution in [1.82, 2.24) is 4.90 Å². The molecule has 2 nitrogen and oxygen atoms in total. The molecule has 0 aliphatic carbocycles. The smallest absolute Gasteiger partial charge is 0.0429 e. The number of rotatable bonds is 3. The monoisotopic (exact) mass is 260 g/mol. The number of likely N-dealkylation sites (tertiary alicyclic amines) is 1. The SMILES string of the molecule is Cc1cc(C)c(C(N)CN2CCCCC2C)c(C)c1. The second-order valence-corrected chi connectivity index (χ2v) is 6.26. The topological polar surface area (TPSA) is 29.3 Å².